The summed E-state index contributed by atoms with van der Waals surface area (Å²) >= 11 is 1.74. The van der Waals surface area contributed by atoms with Gasteiger partial charge in [-0.2, -0.15) is 0 Å². The number of anilines is 1. The van der Waals surface area contributed by atoms with Gasteiger partial charge in [0.15, 0.2) is 0 Å². The lowest BCUT2D eigenvalue weighted by Crippen LogP contribution is -2.35. The number of nitrogens with one attached hydrogen (secondary N) is 1. The van der Waals surface area contributed by atoms with Crippen molar-refractivity contribution in [3.05, 3.63) is 28.3 Å². The molecule has 2 heterocycles. The third-order valence-electron chi connectivity index (χ3n) is 2.81. The van der Waals surface area contributed by atoms with Crippen LogP contribution in [0.15, 0.2) is 21.9 Å². The van der Waals surface area contributed by atoms with E-state index >= 15 is 0 Å². The second-order valence-electron chi connectivity index (χ2n) is 5.68. The van der Waals surface area contributed by atoms with Gasteiger partial charge in [0.25, 0.3) is 0 Å². The molecule has 0 aliphatic rings. The minimum Gasteiger partial charge on any atom is -0.407 e. The van der Waals surface area contributed by atoms with Gasteiger partial charge < -0.3 is 14.6 Å². The summed E-state index contributed by atoms with van der Waals surface area (Å²) in [5.74, 6) is 0.625. The van der Waals surface area contributed by atoms with E-state index in [1.165, 1.54) is 4.88 Å². The van der Waals surface area contributed by atoms with Gasteiger partial charge in [-0.3, -0.25) is 0 Å². The maximum atomic E-state index is 5.73. The van der Waals surface area contributed by atoms with Crippen LogP contribution in [0.2, 0.25) is 0 Å². The topological polar surface area (TPSA) is 54.2 Å². The van der Waals surface area contributed by atoms with Crippen LogP contribution in [0.4, 0.5) is 6.01 Å². The molecule has 0 aromatic carbocycles. The van der Waals surface area contributed by atoms with Crippen molar-refractivity contribution < 1.29 is 4.42 Å². The maximum absolute atomic E-state index is 5.73. The standard InChI is InChI=1S/C14H22N4OS/c1-5-18(10-11-7-6-8-20-11)13-17-16-12(19-13)9-15-14(2,3)4/h6-8,15H,5,9-10H2,1-4H3. The maximum Gasteiger partial charge on any atom is 0.318 e. The molecule has 0 bridgehead atoms. The van der Waals surface area contributed by atoms with Gasteiger partial charge in [-0.05, 0) is 39.1 Å². The Morgan fingerprint density at radius 1 is 1.35 bits per heavy atom. The first-order valence-electron chi connectivity index (χ1n) is 6.82. The molecule has 0 spiro atoms. The molecule has 110 valence electrons. The lowest BCUT2D eigenvalue weighted by atomic mass is 10.1. The largest absolute Gasteiger partial charge is 0.407 e. The monoisotopic (exact) mass is 294 g/mol. The van der Waals surface area contributed by atoms with Gasteiger partial charge >= 0.3 is 6.01 Å². The number of hydrogen-bond donors (Lipinski definition) is 1. The zero-order valence-electron chi connectivity index (χ0n) is 12.5. The molecule has 0 aliphatic heterocycles. The van der Waals surface area contributed by atoms with Crippen LogP contribution >= 0.6 is 11.3 Å². The summed E-state index contributed by atoms with van der Waals surface area (Å²) in [4.78, 5) is 3.37. The Hall–Kier alpha value is -1.40. The van der Waals surface area contributed by atoms with Crippen LogP contribution < -0.4 is 10.2 Å². The van der Waals surface area contributed by atoms with Crippen LogP contribution in [0.1, 0.15) is 38.5 Å². The van der Waals surface area contributed by atoms with E-state index in [2.05, 4.69) is 65.6 Å². The fraction of sp³-hybridized carbons (Fsp3) is 0.571. The first-order chi connectivity index (χ1) is 9.48. The Kier molecular flexibility index (Phi) is 4.77. The van der Waals surface area contributed by atoms with Crippen molar-refractivity contribution in [1.82, 2.24) is 15.5 Å². The SMILES string of the molecule is CCN(Cc1cccs1)c1nnc(CNC(C)(C)C)o1. The van der Waals surface area contributed by atoms with Gasteiger partial charge in [-0.1, -0.05) is 11.2 Å². The number of rotatable bonds is 6. The first kappa shape index (κ1) is 15.0. The molecule has 0 fully saturated rings. The molecule has 0 amide bonds. The molecule has 2 aromatic heterocycles. The normalized spacial score (nSPS) is 11.8. The average molecular weight is 294 g/mol. The molecule has 5 nitrogen and oxygen atoms in total. The summed E-state index contributed by atoms with van der Waals surface area (Å²) in [7, 11) is 0. The van der Waals surface area contributed by atoms with Gasteiger partial charge in [-0.15, -0.1) is 16.4 Å². The van der Waals surface area contributed by atoms with E-state index in [1.807, 2.05) is 0 Å². The average Bonchev–Trinajstić information content (AvgIpc) is 3.04. The third kappa shape index (κ3) is 4.31. The van der Waals surface area contributed by atoms with Crippen molar-refractivity contribution in [2.24, 2.45) is 0 Å². The van der Waals surface area contributed by atoms with E-state index in [-0.39, 0.29) is 5.54 Å². The fourth-order valence-electron chi connectivity index (χ4n) is 1.69. The van der Waals surface area contributed by atoms with Crippen molar-refractivity contribution in [1.29, 1.82) is 0 Å². The van der Waals surface area contributed by atoms with Crippen molar-refractivity contribution in [2.75, 3.05) is 11.4 Å². The smallest absolute Gasteiger partial charge is 0.318 e. The van der Waals surface area contributed by atoms with Crippen LogP contribution in [-0.2, 0) is 13.1 Å². The molecular formula is C14H22N4OS. The minimum atomic E-state index is 0.0377. The lowest BCUT2D eigenvalue weighted by molar-refractivity contribution is 0.380. The summed E-state index contributed by atoms with van der Waals surface area (Å²) in [6.45, 7) is 10.7. The van der Waals surface area contributed by atoms with Crippen LogP contribution in [0, 0.1) is 0 Å². The third-order valence-corrected chi connectivity index (χ3v) is 3.67. The molecule has 2 rings (SSSR count). The van der Waals surface area contributed by atoms with Crippen molar-refractivity contribution in [2.45, 2.75) is 46.3 Å². The van der Waals surface area contributed by atoms with Gasteiger partial charge in [0.1, 0.15) is 0 Å². The second-order valence-corrected chi connectivity index (χ2v) is 6.71. The van der Waals surface area contributed by atoms with E-state index in [9.17, 15) is 0 Å². The zero-order valence-corrected chi connectivity index (χ0v) is 13.3. The summed E-state index contributed by atoms with van der Waals surface area (Å²) in [5, 5.41) is 13.7. The molecule has 0 saturated carbocycles. The Balaban J connectivity index is 1.99. The second kappa shape index (κ2) is 6.37. The van der Waals surface area contributed by atoms with Crippen LogP contribution in [0.3, 0.4) is 0 Å². The summed E-state index contributed by atoms with van der Waals surface area (Å²) in [5.41, 5.74) is 0.0377. The number of nitrogens with zero attached hydrogens (tertiary/aromatic N) is 3. The molecule has 0 atom stereocenters. The molecule has 1 N–H and O–H groups in total. The predicted molar refractivity (Wildman–Crippen MR) is 81.9 cm³/mol. The van der Waals surface area contributed by atoms with Crippen LogP contribution in [0.5, 0.6) is 0 Å². The Bertz CT molecular complexity index is 516. The zero-order chi connectivity index (χ0) is 14.6. The van der Waals surface area contributed by atoms with Gasteiger partial charge in [0, 0.05) is 17.0 Å². The molecule has 0 unspecified atom stereocenters. The van der Waals surface area contributed by atoms with E-state index < -0.39 is 0 Å². The number of aromatic nitrogens is 2. The first-order valence-corrected chi connectivity index (χ1v) is 7.70. The molecule has 0 saturated heterocycles. The molecule has 0 aliphatic carbocycles. The van der Waals surface area contributed by atoms with Crippen molar-refractivity contribution in [3.63, 3.8) is 0 Å². The van der Waals surface area contributed by atoms with E-state index in [1.54, 1.807) is 11.3 Å². The summed E-state index contributed by atoms with van der Waals surface area (Å²) in [6, 6.07) is 4.76. The highest BCUT2D eigenvalue weighted by Gasteiger charge is 2.15. The molecular weight excluding hydrogens is 272 g/mol. The Morgan fingerprint density at radius 2 is 2.15 bits per heavy atom. The quantitative estimate of drug-likeness (QED) is 0.887. The number of thiophene rings is 1. The molecule has 0 radical (unpaired) electrons. The molecule has 6 heteroatoms. The van der Waals surface area contributed by atoms with Gasteiger partial charge in [0.2, 0.25) is 5.89 Å². The van der Waals surface area contributed by atoms with Crippen molar-refractivity contribution >= 4 is 17.4 Å². The summed E-state index contributed by atoms with van der Waals surface area (Å²) < 4.78 is 5.73. The predicted octanol–water partition coefficient (Wildman–Crippen LogP) is 3.05. The van der Waals surface area contributed by atoms with Crippen molar-refractivity contribution in [3.8, 4) is 0 Å². The van der Waals surface area contributed by atoms with Crippen LogP contribution in [-0.4, -0.2) is 22.3 Å². The van der Waals surface area contributed by atoms with Crippen LogP contribution in [0.25, 0.3) is 0 Å². The van der Waals surface area contributed by atoms with E-state index in [0.29, 0.717) is 18.5 Å². The van der Waals surface area contributed by atoms with E-state index in [0.717, 1.165) is 13.1 Å². The number of hydrogen-bond acceptors (Lipinski definition) is 6. The minimum absolute atomic E-state index is 0.0377. The highest BCUT2D eigenvalue weighted by atomic mass is 32.1. The fourth-order valence-corrected chi connectivity index (χ4v) is 2.41. The van der Waals surface area contributed by atoms with Gasteiger partial charge in [0.05, 0.1) is 13.1 Å². The molecule has 20 heavy (non-hydrogen) atoms. The van der Waals surface area contributed by atoms with E-state index in [4.69, 9.17) is 4.42 Å². The highest BCUT2D eigenvalue weighted by molar-refractivity contribution is 7.09. The Morgan fingerprint density at radius 3 is 2.75 bits per heavy atom. The lowest BCUT2D eigenvalue weighted by Gasteiger charge is -2.19. The Labute approximate surface area is 124 Å². The van der Waals surface area contributed by atoms with Gasteiger partial charge in [-0.25, -0.2) is 0 Å². The summed E-state index contributed by atoms with van der Waals surface area (Å²) in [6.07, 6.45) is 0. The highest BCUT2D eigenvalue weighted by Crippen LogP contribution is 2.18. The molecule has 2 aromatic rings.